The van der Waals surface area contributed by atoms with Gasteiger partial charge in [0.2, 0.25) is 5.91 Å². The van der Waals surface area contributed by atoms with Gasteiger partial charge in [0, 0.05) is 30.7 Å². The van der Waals surface area contributed by atoms with Crippen LogP contribution in [0.15, 0.2) is 40.2 Å². The van der Waals surface area contributed by atoms with E-state index in [2.05, 4.69) is 26.1 Å². The molecule has 0 aliphatic carbocycles. The maximum atomic E-state index is 12.6. The van der Waals surface area contributed by atoms with Crippen LogP contribution < -0.4 is 5.32 Å². The van der Waals surface area contributed by atoms with Crippen LogP contribution in [-0.4, -0.2) is 54.3 Å². The lowest BCUT2D eigenvalue weighted by atomic mass is 10.3. The Balaban J connectivity index is 1.54. The predicted octanol–water partition coefficient (Wildman–Crippen LogP) is 3.95. The van der Waals surface area contributed by atoms with E-state index in [0.29, 0.717) is 30.3 Å². The van der Waals surface area contributed by atoms with Gasteiger partial charge in [-0.15, -0.1) is 11.3 Å². The van der Waals surface area contributed by atoms with Crippen LogP contribution in [0.25, 0.3) is 0 Å². The first-order valence-electron chi connectivity index (χ1n) is 8.33. The van der Waals surface area contributed by atoms with Gasteiger partial charge >= 0.3 is 0 Å². The first-order chi connectivity index (χ1) is 12.5. The van der Waals surface area contributed by atoms with E-state index in [1.54, 1.807) is 12.1 Å². The fraction of sp³-hybridized carbons (Fsp3) is 0.333. The van der Waals surface area contributed by atoms with E-state index in [4.69, 9.17) is 11.6 Å². The van der Waals surface area contributed by atoms with E-state index in [1.165, 1.54) is 11.3 Å². The number of hydrogen-bond acceptors (Lipinski definition) is 4. The molecule has 1 aliphatic heterocycles. The summed E-state index contributed by atoms with van der Waals surface area (Å²) in [6.45, 7) is 3.06. The molecule has 8 heteroatoms. The zero-order chi connectivity index (χ0) is 18.5. The van der Waals surface area contributed by atoms with Crippen molar-refractivity contribution in [3.63, 3.8) is 0 Å². The zero-order valence-electron chi connectivity index (χ0n) is 14.1. The Hall–Kier alpha value is -1.41. The van der Waals surface area contributed by atoms with Gasteiger partial charge in [-0.2, -0.15) is 0 Å². The van der Waals surface area contributed by atoms with Crippen LogP contribution in [0.4, 0.5) is 5.69 Å². The highest BCUT2D eigenvalue weighted by molar-refractivity contribution is 9.10. The first-order valence-corrected chi connectivity index (χ1v) is 10.4. The number of carbonyl (C=O) groups is 2. The van der Waals surface area contributed by atoms with Crippen molar-refractivity contribution in [2.45, 2.75) is 6.42 Å². The second-order valence-corrected chi connectivity index (χ2v) is 8.23. The van der Waals surface area contributed by atoms with Crippen molar-refractivity contribution in [3.05, 3.63) is 50.1 Å². The summed E-state index contributed by atoms with van der Waals surface area (Å²) in [6, 6.07) is 9.07. The summed E-state index contributed by atoms with van der Waals surface area (Å²) in [4.78, 5) is 29.6. The van der Waals surface area contributed by atoms with Gasteiger partial charge in [-0.25, -0.2) is 0 Å². The molecule has 0 radical (unpaired) electrons. The van der Waals surface area contributed by atoms with Crippen LogP contribution >= 0.6 is 38.9 Å². The number of benzene rings is 1. The number of anilines is 1. The monoisotopic (exact) mass is 455 g/mol. The van der Waals surface area contributed by atoms with E-state index in [-0.39, 0.29) is 18.4 Å². The second kappa shape index (κ2) is 8.99. The molecule has 0 bridgehead atoms. The second-order valence-electron chi connectivity index (χ2n) is 6.05. The number of amides is 2. The van der Waals surface area contributed by atoms with Gasteiger partial charge in [-0.05, 0) is 45.9 Å². The fourth-order valence-electron chi connectivity index (χ4n) is 2.88. The average molecular weight is 457 g/mol. The molecule has 1 aromatic carbocycles. The SMILES string of the molecule is O=C(CN1CCCN(C(=O)c2sccc2Br)CC1)Nc1ccccc1Cl. The van der Waals surface area contributed by atoms with E-state index < -0.39 is 0 Å². The molecule has 0 spiro atoms. The highest BCUT2D eigenvalue weighted by atomic mass is 79.9. The van der Waals surface area contributed by atoms with Crippen LogP contribution in [0.5, 0.6) is 0 Å². The standard InChI is InChI=1S/C18H19BrClN3O2S/c19-13-6-11-26-17(13)18(25)23-8-3-7-22(9-10-23)12-16(24)21-15-5-2-1-4-14(15)20/h1-2,4-6,11H,3,7-10,12H2,(H,21,24). The summed E-state index contributed by atoms with van der Waals surface area (Å²) in [5, 5.41) is 5.27. The third kappa shape index (κ3) is 4.85. The van der Waals surface area contributed by atoms with Crippen LogP contribution in [-0.2, 0) is 4.79 Å². The largest absolute Gasteiger partial charge is 0.337 e. The normalized spacial score (nSPS) is 15.5. The Morgan fingerprint density at radius 2 is 1.96 bits per heavy atom. The van der Waals surface area contributed by atoms with Crippen LogP contribution in [0, 0.1) is 0 Å². The molecule has 2 aromatic rings. The quantitative estimate of drug-likeness (QED) is 0.758. The third-order valence-corrected chi connectivity index (χ3v) is 6.36. The molecule has 2 amide bonds. The summed E-state index contributed by atoms with van der Waals surface area (Å²) in [5.74, 6) is -0.0480. The molecular formula is C18H19BrClN3O2S. The summed E-state index contributed by atoms with van der Waals surface area (Å²) < 4.78 is 0.840. The number of hydrogen-bond donors (Lipinski definition) is 1. The Morgan fingerprint density at radius 1 is 1.15 bits per heavy atom. The number of rotatable bonds is 4. The molecule has 2 heterocycles. The molecular weight excluding hydrogens is 438 g/mol. The Kier molecular flexibility index (Phi) is 6.69. The van der Waals surface area contributed by atoms with Gasteiger partial charge in [0.05, 0.1) is 17.3 Å². The topological polar surface area (TPSA) is 52.7 Å². The van der Waals surface area contributed by atoms with Crippen molar-refractivity contribution in [3.8, 4) is 0 Å². The molecule has 0 unspecified atom stereocenters. The number of carbonyl (C=O) groups excluding carboxylic acids is 2. The van der Waals surface area contributed by atoms with E-state index in [1.807, 2.05) is 28.5 Å². The van der Waals surface area contributed by atoms with Crippen LogP contribution in [0.1, 0.15) is 16.1 Å². The highest BCUT2D eigenvalue weighted by Gasteiger charge is 2.23. The van der Waals surface area contributed by atoms with Crippen LogP contribution in [0.2, 0.25) is 5.02 Å². The van der Waals surface area contributed by atoms with Gasteiger partial charge in [0.15, 0.2) is 0 Å². The molecule has 1 N–H and O–H groups in total. The third-order valence-electron chi connectivity index (χ3n) is 4.20. The molecule has 1 aliphatic rings. The van der Waals surface area contributed by atoms with Gasteiger partial charge < -0.3 is 10.2 Å². The molecule has 1 aromatic heterocycles. The van der Waals surface area contributed by atoms with Gasteiger partial charge in [-0.3, -0.25) is 14.5 Å². The summed E-state index contributed by atoms with van der Waals surface area (Å²) in [5.41, 5.74) is 0.619. The van der Waals surface area contributed by atoms with Crippen molar-refractivity contribution in [2.75, 3.05) is 38.0 Å². The minimum Gasteiger partial charge on any atom is -0.337 e. The molecule has 5 nitrogen and oxygen atoms in total. The van der Waals surface area contributed by atoms with E-state index in [9.17, 15) is 9.59 Å². The molecule has 0 saturated carbocycles. The Morgan fingerprint density at radius 3 is 2.69 bits per heavy atom. The number of halogens is 2. The molecule has 3 rings (SSSR count). The summed E-state index contributed by atoms with van der Waals surface area (Å²) in [6.07, 6.45) is 0.841. The van der Waals surface area contributed by atoms with Crippen LogP contribution in [0.3, 0.4) is 0 Å². The Bertz CT molecular complexity index is 798. The van der Waals surface area contributed by atoms with Crippen molar-refractivity contribution >= 4 is 56.4 Å². The van der Waals surface area contributed by atoms with Crippen molar-refractivity contribution in [2.24, 2.45) is 0 Å². The van der Waals surface area contributed by atoms with Gasteiger partial charge in [0.1, 0.15) is 4.88 Å². The van der Waals surface area contributed by atoms with Crippen molar-refractivity contribution in [1.29, 1.82) is 0 Å². The first kappa shape index (κ1) is 19.4. The number of nitrogens with zero attached hydrogens (tertiary/aromatic N) is 2. The van der Waals surface area contributed by atoms with Crippen molar-refractivity contribution < 1.29 is 9.59 Å². The predicted molar refractivity (Wildman–Crippen MR) is 109 cm³/mol. The minimum absolute atomic E-state index is 0.0502. The highest BCUT2D eigenvalue weighted by Crippen LogP contribution is 2.25. The number of thiophene rings is 1. The minimum atomic E-state index is -0.0983. The zero-order valence-corrected chi connectivity index (χ0v) is 17.2. The molecule has 1 fully saturated rings. The number of para-hydroxylation sites is 1. The lowest BCUT2D eigenvalue weighted by Gasteiger charge is -2.21. The van der Waals surface area contributed by atoms with Gasteiger partial charge in [-0.1, -0.05) is 23.7 Å². The lowest BCUT2D eigenvalue weighted by Crippen LogP contribution is -2.37. The van der Waals surface area contributed by atoms with Gasteiger partial charge in [0.25, 0.3) is 5.91 Å². The van der Waals surface area contributed by atoms with E-state index >= 15 is 0 Å². The fourth-order valence-corrected chi connectivity index (χ4v) is 4.57. The lowest BCUT2D eigenvalue weighted by molar-refractivity contribution is -0.117. The Labute approximate surface area is 170 Å². The molecule has 138 valence electrons. The molecule has 1 saturated heterocycles. The maximum Gasteiger partial charge on any atom is 0.265 e. The van der Waals surface area contributed by atoms with Crippen molar-refractivity contribution in [1.82, 2.24) is 9.80 Å². The average Bonchev–Trinajstić information content (AvgIpc) is 2.91. The summed E-state index contributed by atoms with van der Waals surface area (Å²) >= 11 is 10.9. The smallest absolute Gasteiger partial charge is 0.265 e. The molecule has 26 heavy (non-hydrogen) atoms. The maximum absolute atomic E-state index is 12.6. The van der Waals surface area contributed by atoms with E-state index in [0.717, 1.165) is 22.3 Å². The number of nitrogens with one attached hydrogen (secondary N) is 1. The summed E-state index contributed by atoms with van der Waals surface area (Å²) in [7, 11) is 0. The molecule has 0 atom stereocenters.